The lowest BCUT2D eigenvalue weighted by Gasteiger charge is -2.44. The van der Waals surface area contributed by atoms with Crippen molar-refractivity contribution >= 4 is 34.4 Å². The number of para-hydroxylation sites is 1. The number of aromatic nitrogens is 1. The predicted molar refractivity (Wildman–Crippen MR) is 102 cm³/mol. The fourth-order valence-corrected chi connectivity index (χ4v) is 4.68. The van der Waals surface area contributed by atoms with Crippen molar-refractivity contribution in [2.75, 3.05) is 26.2 Å². The number of amides is 1. The van der Waals surface area contributed by atoms with Crippen LogP contribution >= 0.6 is 11.6 Å². The monoisotopic (exact) mass is 390 g/mol. The van der Waals surface area contributed by atoms with Gasteiger partial charge in [-0.1, -0.05) is 18.2 Å². The molecule has 144 valence electrons. The number of hydrogen-bond acceptors (Lipinski definition) is 4. The lowest BCUT2D eigenvalue weighted by atomic mass is 9.81. The summed E-state index contributed by atoms with van der Waals surface area (Å²) in [5, 5.41) is 1.09. The largest absolute Gasteiger partial charge is 0.467 e. The Morgan fingerprint density at radius 1 is 1.30 bits per heavy atom. The lowest BCUT2D eigenvalue weighted by Crippen LogP contribution is -2.54. The molecule has 7 heteroatoms. The number of ether oxygens (including phenoxy) is 2. The molecule has 2 aliphatic rings. The number of halogens is 1. The van der Waals surface area contributed by atoms with Gasteiger partial charge in [-0.2, -0.15) is 0 Å². The van der Waals surface area contributed by atoms with Crippen molar-refractivity contribution in [2.45, 2.75) is 31.3 Å². The van der Waals surface area contributed by atoms with Crippen LogP contribution in [0.15, 0.2) is 24.3 Å². The number of nitrogens with zero attached hydrogens (tertiary/aromatic N) is 1. The maximum absolute atomic E-state index is 12.8. The van der Waals surface area contributed by atoms with Gasteiger partial charge in [0.1, 0.15) is 11.9 Å². The van der Waals surface area contributed by atoms with Gasteiger partial charge in [-0.25, -0.2) is 4.79 Å². The first-order valence-electron chi connectivity index (χ1n) is 9.28. The van der Waals surface area contributed by atoms with Crippen LogP contribution in [-0.4, -0.2) is 54.0 Å². The van der Waals surface area contributed by atoms with Crippen LogP contribution in [0.1, 0.15) is 30.1 Å². The van der Waals surface area contributed by atoms with Crippen molar-refractivity contribution in [1.82, 2.24) is 9.88 Å². The molecule has 2 aliphatic heterocycles. The summed E-state index contributed by atoms with van der Waals surface area (Å²) in [7, 11) is 1.36. The molecule has 1 amide bonds. The zero-order chi connectivity index (χ0) is 19.0. The van der Waals surface area contributed by atoms with Crippen LogP contribution in [0, 0.1) is 5.92 Å². The summed E-state index contributed by atoms with van der Waals surface area (Å²) in [6, 6.07) is 7.15. The molecule has 0 aliphatic carbocycles. The second-order valence-corrected chi connectivity index (χ2v) is 7.40. The summed E-state index contributed by atoms with van der Waals surface area (Å²) in [4.78, 5) is 30.6. The Labute approximate surface area is 162 Å². The van der Waals surface area contributed by atoms with E-state index in [2.05, 4.69) is 11.1 Å². The van der Waals surface area contributed by atoms with Crippen LogP contribution in [0.5, 0.6) is 0 Å². The molecule has 27 heavy (non-hydrogen) atoms. The minimum absolute atomic E-state index is 0.164. The number of aromatic amines is 1. The van der Waals surface area contributed by atoms with E-state index in [1.165, 1.54) is 7.11 Å². The number of hydrogen-bond donors (Lipinski definition) is 1. The molecule has 0 radical (unpaired) electrons. The van der Waals surface area contributed by atoms with Crippen molar-refractivity contribution in [3.8, 4) is 0 Å². The highest BCUT2D eigenvalue weighted by molar-refractivity contribution is 6.27. The smallest absolute Gasteiger partial charge is 0.328 e. The third-order valence-corrected chi connectivity index (χ3v) is 5.99. The fraction of sp³-hybridized carbons (Fsp3) is 0.500. The highest BCUT2D eigenvalue weighted by Gasteiger charge is 2.46. The maximum Gasteiger partial charge on any atom is 0.328 e. The van der Waals surface area contributed by atoms with Crippen LogP contribution in [0.25, 0.3) is 10.9 Å². The Kier molecular flexibility index (Phi) is 5.10. The molecular formula is C20H23ClN2O4. The Hall–Kier alpha value is -2.05. The summed E-state index contributed by atoms with van der Waals surface area (Å²) in [6.07, 6.45) is 2.09. The summed E-state index contributed by atoms with van der Waals surface area (Å²) >= 11 is 5.93. The average Bonchev–Trinajstić information content (AvgIpc) is 3.10. The summed E-state index contributed by atoms with van der Waals surface area (Å²) in [5.41, 5.74) is 3.13. The summed E-state index contributed by atoms with van der Waals surface area (Å²) < 4.78 is 10.6. The molecule has 3 heterocycles. The van der Waals surface area contributed by atoms with Gasteiger partial charge in [-0.05, 0) is 30.4 Å². The molecule has 2 atom stereocenters. The molecule has 4 rings (SSSR count). The van der Waals surface area contributed by atoms with Crippen LogP contribution in [0.4, 0.5) is 0 Å². The van der Waals surface area contributed by atoms with Crippen LogP contribution in [0.3, 0.4) is 0 Å². The van der Waals surface area contributed by atoms with E-state index in [9.17, 15) is 9.59 Å². The van der Waals surface area contributed by atoms with E-state index >= 15 is 0 Å². The summed E-state index contributed by atoms with van der Waals surface area (Å²) in [6.45, 7) is 1.31. The van der Waals surface area contributed by atoms with Gasteiger partial charge < -0.3 is 19.4 Å². The Bertz CT molecular complexity index is 859. The molecule has 2 aromatic rings. The van der Waals surface area contributed by atoms with Crippen molar-refractivity contribution in [2.24, 2.45) is 5.92 Å². The lowest BCUT2D eigenvalue weighted by molar-refractivity contribution is -0.157. The first kappa shape index (κ1) is 18.3. The molecule has 1 aromatic carbocycles. The SMILES string of the molecule is COC(=O)[C@H]1Cc2c([nH]c3ccccc23)[C@H](C2CCOCC2)N1C(=O)CCl. The van der Waals surface area contributed by atoms with Crippen molar-refractivity contribution in [3.63, 3.8) is 0 Å². The van der Waals surface area contributed by atoms with Gasteiger partial charge in [0, 0.05) is 36.2 Å². The number of benzene rings is 1. The molecule has 1 saturated heterocycles. The third-order valence-electron chi connectivity index (χ3n) is 5.76. The van der Waals surface area contributed by atoms with Crippen molar-refractivity contribution in [3.05, 3.63) is 35.5 Å². The van der Waals surface area contributed by atoms with E-state index in [0.717, 1.165) is 35.0 Å². The average molecular weight is 391 g/mol. The molecule has 0 bridgehead atoms. The number of carbonyl (C=O) groups is 2. The number of rotatable bonds is 3. The minimum Gasteiger partial charge on any atom is -0.467 e. The first-order chi connectivity index (χ1) is 13.2. The molecule has 1 aromatic heterocycles. The van der Waals surface area contributed by atoms with E-state index in [1.807, 2.05) is 18.2 Å². The molecule has 0 unspecified atom stereocenters. The van der Waals surface area contributed by atoms with Crippen LogP contribution in [-0.2, 0) is 25.5 Å². The number of H-pyrrole nitrogens is 1. The zero-order valence-corrected chi connectivity index (χ0v) is 16.0. The van der Waals surface area contributed by atoms with E-state index in [-0.39, 0.29) is 23.7 Å². The van der Waals surface area contributed by atoms with Gasteiger partial charge in [-0.3, -0.25) is 4.79 Å². The number of alkyl halides is 1. The number of nitrogens with one attached hydrogen (secondary N) is 1. The van der Waals surface area contributed by atoms with Gasteiger partial charge in [0.05, 0.1) is 13.2 Å². The Morgan fingerprint density at radius 3 is 2.74 bits per heavy atom. The highest BCUT2D eigenvalue weighted by atomic mass is 35.5. The van der Waals surface area contributed by atoms with E-state index in [4.69, 9.17) is 21.1 Å². The standard InChI is InChI=1S/C20H23ClN2O4/c1-26-20(25)16-10-14-13-4-2-3-5-15(13)22-18(14)19(23(16)17(24)11-21)12-6-8-27-9-7-12/h2-5,12,16,19,22H,6-11H2,1H3/t16-,19+/m1/s1. The van der Waals surface area contributed by atoms with E-state index < -0.39 is 12.0 Å². The molecule has 1 fully saturated rings. The predicted octanol–water partition coefficient (Wildman–Crippen LogP) is 2.80. The number of methoxy groups -OCH3 is 1. The molecule has 0 spiro atoms. The van der Waals surface area contributed by atoms with Crippen LogP contribution < -0.4 is 0 Å². The quantitative estimate of drug-likeness (QED) is 0.646. The van der Waals surface area contributed by atoms with Crippen molar-refractivity contribution in [1.29, 1.82) is 0 Å². The van der Waals surface area contributed by atoms with Gasteiger partial charge in [0.2, 0.25) is 5.91 Å². The molecular weight excluding hydrogens is 368 g/mol. The fourth-order valence-electron chi connectivity index (χ4n) is 4.54. The number of esters is 1. The number of carbonyl (C=O) groups excluding carboxylic acids is 2. The second kappa shape index (κ2) is 7.52. The molecule has 0 saturated carbocycles. The second-order valence-electron chi connectivity index (χ2n) is 7.14. The zero-order valence-electron chi connectivity index (χ0n) is 15.2. The highest BCUT2D eigenvalue weighted by Crippen LogP contribution is 2.44. The molecule has 6 nitrogen and oxygen atoms in total. The van der Waals surface area contributed by atoms with E-state index in [1.54, 1.807) is 4.90 Å². The third kappa shape index (κ3) is 3.11. The number of fused-ring (bicyclic) bond motifs is 3. The van der Waals surface area contributed by atoms with Gasteiger partial charge in [-0.15, -0.1) is 11.6 Å². The van der Waals surface area contributed by atoms with Crippen molar-refractivity contribution < 1.29 is 19.1 Å². The van der Waals surface area contributed by atoms with Gasteiger partial charge in [0.25, 0.3) is 0 Å². The Balaban J connectivity index is 1.89. The maximum atomic E-state index is 12.8. The van der Waals surface area contributed by atoms with Crippen LogP contribution in [0.2, 0.25) is 0 Å². The van der Waals surface area contributed by atoms with Gasteiger partial charge in [0.15, 0.2) is 0 Å². The minimum atomic E-state index is -0.666. The van der Waals surface area contributed by atoms with E-state index in [0.29, 0.717) is 19.6 Å². The normalized spacial score (nSPS) is 23.3. The molecule has 1 N–H and O–H groups in total. The Morgan fingerprint density at radius 2 is 2.04 bits per heavy atom. The van der Waals surface area contributed by atoms with Gasteiger partial charge >= 0.3 is 5.97 Å². The topological polar surface area (TPSA) is 71.6 Å². The first-order valence-corrected chi connectivity index (χ1v) is 9.81. The summed E-state index contributed by atoms with van der Waals surface area (Å²) in [5.74, 6) is -0.609.